The SMILES string of the molecule is CC1(C)c2ccccc2-c2ccc(-c3c4ccc(N(c5ccc6ccccc6c5)c5ccc6ccccc6c5)cc4c(-c4ccc5c(c4)C(C)(C)C4C=CC=CC54)c4ccc(N(c5ccc6ccccc6c5)c5ccc6ccccc6c5)cc34)cc21. The van der Waals surface area contributed by atoms with E-state index in [4.69, 9.17) is 0 Å². The van der Waals surface area contributed by atoms with Gasteiger partial charge in [-0.15, -0.1) is 0 Å². The molecule has 3 aliphatic rings. The van der Waals surface area contributed by atoms with Crippen LogP contribution in [0.2, 0.25) is 0 Å². The topological polar surface area (TPSA) is 6.48 Å². The number of hydrogen-bond acceptors (Lipinski definition) is 2. The number of allylic oxidation sites excluding steroid dienone is 4. The van der Waals surface area contributed by atoms with E-state index in [0.717, 1.165) is 34.1 Å². The molecule has 0 heterocycles. The van der Waals surface area contributed by atoms with E-state index in [1.165, 1.54) is 120 Å². The second kappa shape index (κ2) is 19.1. The zero-order valence-corrected chi connectivity index (χ0v) is 48.8. The molecule has 408 valence electrons. The lowest BCUT2D eigenvalue weighted by atomic mass is 9.74. The van der Waals surface area contributed by atoms with Crippen molar-refractivity contribution in [2.45, 2.75) is 44.4 Å². The zero-order chi connectivity index (χ0) is 57.4. The van der Waals surface area contributed by atoms with Gasteiger partial charge in [0.1, 0.15) is 0 Å². The Morgan fingerprint density at radius 2 is 0.674 bits per heavy atom. The smallest absolute Gasteiger partial charge is 0.0468 e. The monoisotopic (exact) mass is 1100 g/mol. The van der Waals surface area contributed by atoms with Crippen molar-refractivity contribution in [2.75, 3.05) is 9.80 Å². The van der Waals surface area contributed by atoms with E-state index in [1.807, 2.05) is 0 Å². The number of rotatable bonds is 8. The number of fused-ring (bicyclic) bond motifs is 12. The molecule has 0 spiro atoms. The lowest BCUT2D eigenvalue weighted by molar-refractivity contribution is 0.394. The molecule has 0 aromatic heterocycles. The maximum atomic E-state index is 2.57. The first-order valence-corrected chi connectivity index (χ1v) is 30.5. The van der Waals surface area contributed by atoms with Gasteiger partial charge in [-0.3, -0.25) is 0 Å². The summed E-state index contributed by atoms with van der Waals surface area (Å²) in [7, 11) is 0. The van der Waals surface area contributed by atoms with E-state index in [0.29, 0.717) is 11.8 Å². The third-order valence-electron chi connectivity index (χ3n) is 19.8. The van der Waals surface area contributed by atoms with Gasteiger partial charge in [-0.05, 0) is 210 Å². The Morgan fingerprint density at radius 3 is 1.16 bits per heavy atom. The first-order valence-electron chi connectivity index (χ1n) is 30.5. The first kappa shape index (κ1) is 50.3. The third-order valence-corrected chi connectivity index (χ3v) is 19.8. The Balaban J connectivity index is 0.984. The number of hydrogen-bond donors (Lipinski definition) is 0. The van der Waals surface area contributed by atoms with Crippen molar-refractivity contribution in [1.29, 1.82) is 0 Å². The predicted molar refractivity (Wildman–Crippen MR) is 367 cm³/mol. The van der Waals surface area contributed by atoms with Crippen LogP contribution in [0.15, 0.2) is 291 Å². The highest BCUT2D eigenvalue weighted by Crippen LogP contribution is 2.57. The molecule has 0 aliphatic heterocycles. The van der Waals surface area contributed by atoms with Crippen LogP contribution in [-0.2, 0) is 10.8 Å². The second-order valence-electron chi connectivity index (χ2n) is 25.3. The molecule has 0 radical (unpaired) electrons. The van der Waals surface area contributed by atoms with Gasteiger partial charge in [-0.25, -0.2) is 0 Å². The molecule has 2 unspecified atom stereocenters. The van der Waals surface area contributed by atoms with E-state index in [-0.39, 0.29) is 10.8 Å². The molecule has 2 heteroatoms. The second-order valence-corrected chi connectivity index (χ2v) is 25.3. The van der Waals surface area contributed by atoms with Crippen molar-refractivity contribution in [2.24, 2.45) is 5.92 Å². The summed E-state index contributed by atoms with van der Waals surface area (Å²) in [6.45, 7) is 9.73. The predicted octanol–water partition coefficient (Wildman–Crippen LogP) is 23.3. The highest BCUT2D eigenvalue weighted by atomic mass is 15.1. The minimum Gasteiger partial charge on any atom is -0.310 e. The van der Waals surface area contributed by atoms with Gasteiger partial charge in [0.15, 0.2) is 0 Å². The van der Waals surface area contributed by atoms with Crippen molar-refractivity contribution in [3.8, 4) is 33.4 Å². The maximum absolute atomic E-state index is 2.57. The number of benzene rings is 14. The molecule has 0 amide bonds. The van der Waals surface area contributed by atoms with Gasteiger partial charge in [0, 0.05) is 45.5 Å². The Labute approximate surface area is 502 Å². The summed E-state index contributed by atoms with van der Waals surface area (Å²) >= 11 is 0. The van der Waals surface area contributed by atoms with Crippen molar-refractivity contribution in [1.82, 2.24) is 0 Å². The average Bonchev–Trinajstić information content (AvgIpc) is 1.41. The van der Waals surface area contributed by atoms with Crippen LogP contribution in [0, 0.1) is 5.92 Å². The van der Waals surface area contributed by atoms with E-state index in [9.17, 15) is 0 Å². The number of nitrogens with zero attached hydrogens (tertiary/aromatic N) is 2. The Kier molecular flexibility index (Phi) is 11.2. The molecule has 2 nitrogen and oxygen atoms in total. The Hall–Kier alpha value is -10.3. The van der Waals surface area contributed by atoms with Crippen LogP contribution in [0.4, 0.5) is 34.1 Å². The van der Waals surface area contributed by atoms with Crippen molar-refractivity contribution in [3.63, 3.8) is 0 Å². The van der Waals surface area contributed by atoms with Crippen molar-refractivity contribution >= 4 is 98.8 Å². The Morgan fingerprint density at radius 1 is 0.291 bits per heavy atom. The van der Waals surface area contributed by atoms with Crippen LogP contribution in [0.3, 0.4) is 0 Å². The quantitative estimate of drug-likeness (QED) is 0.140. The molecule has 3 aliphatic carbocycles. The molecule has 14 aromatic rings. The summed E-state index contributed by atoms with van der Waals surface area (Å²) in [6.07, 6.45) is 9.36. The molecule has 86 heavy (non-hydrogen) atoms. The fourth-order valence-electron chi connectivity index (χ4n) is 15.5. The average molecular weight is 1100 g/mol. The molecule has 0 bridgehead atoms. The lowest BCUT2D eigenvalue weighted by Crippen LogP contribution is -2.24. The van der Waals surface area contributed by atoms with E-state index >= 15 is 0 Å². The molecule has 2 atom stereocenters. The summed E-state index contributed by atoms with van der Waals surface area (Å²) in [6, 6.07) is 101. The third kappa shape index (κ3) is 7.79. The molecular formula is C84H62N2. The van der Waals surface area contributed by atoms with Crippen LogP contribution in [-0.4, -0.2) is 0 Å². The molecule has 17 rings (SSSR count). The summed E-state index contributed by atoms with van der Waals surface area (Å²) in [5, 5.41) is 14.5. The van der Waals surface area contributed by atoms with E-state index in [2.05, 4.69) is 329 Å². The van der Waals surface area contributed by atoms with Crippen LogP contribution in [0.1, 0.15) is 55.9 Å². The van der Waals surface area contributed by atoms with Gasteiger partial charge in [0.2, 0.25) is 0 Å². The molecular weight excluding hydrogens is 1040 g/mol. The van der Waals surface area contributed by atoms with Crippen molar-refractivity contribution in [3.05, 3.63) is 313 Å². The van der Waals surface area contributed by atoms with Gasteiger partial charge >= 0.3 is 0 Å². The minimum atomic E-state index is -0.201. The molecule has 14 aromatic carbocycles. The number of anilines is 6. The highest BCUT2D eigenvalue weighted by Gasteiger charge is 2.45. The largest absolute Gasteiger partial charge is 0.310 e. The van der Waals surface area contributed by atoms with Gasteiger partial charge in [-0.2, -0.15) is 0 Å². The summed E-state index contributed by atoms with van der Waals surface area (Å²) < 4.78 is 0. The molecule has 0 saturated carbocycles. The standard InChI is InChI=1S/C84H62N2/c1-83(2)77-27-15-13-25-69(77)71-41-33-61(49-79(71)83)81-73-43-39-68(86(65-37-31-55-19-7-11-23-59(55)47-65)66-38-32-56-20-8-12-24-60(56)48-66)52-76(73)82(62-34-42-72-70-26-14-16-28-78(70)84(3,4)80(72)50-62)74-44-40-67(51-75(74)81)85(63-35-29-53-17-5-9-21-57(53)45-63)64-36-30-54-18-6-10-22-58(54)46-64/h5-52,69,77H,1-4H3. The van der Waals surface area contributed by atoms with Gasteiger partial charge in [-0.1, -0.05) is 240 Å². The normalized spacial score (nSPS) is 16.0. The van der Waals surface area contributed by atoms with Gasteiger partial charge < -0.3 is 9.80 Å². The summed E-state index contributed by atoms with van der Waals surface area (Å²) in [5.41, 5.74) is 19.4. The summed E-state index contributed by atoms with van der Waals surface area (Å²) in [4.78, 5) is 4.95. The molecule has 0 fully saturated rings. The van der Waals surface area contributed by atoms with Crippen LogP contribution in [0.25, 0.3) is 98.0 Å². The summed E-state index contributed by atoms with van der Waals surface area (Å²) in [5.74, 6) is 0.722. The fraction of sp³-hybridized carbons (Fsp3) is 0.0952. The maximum Gasteiger partial charge on any atom is 0.0468 e. The van der Waals surface area contributed by atoms with Crippen molar-refractivity contribution < 1.29 is 0 Å². The first-order chi connectivity index (χ1) is 42.1. The van der Waals surface area contributed by atoms with Crippen LogP contribution < -0.4 is 9.80 Å². The fourth-order valence-corrected chi connectivity index (χ4v) is 15.5. The van der Waals surface area contributed by atoms with E-state index < -0.39 is 0 Å². The molecule has 0 saturated heterocycles. The Bertz CT molecular complexity index is 5070. The molecule has 0 N–H and O–H groups in total. The van der Waals surface area contributed by atoms with Gasteiger partial charge in [0.05, 0.1) is 0 Å². The highest BCUT2D eigenvalue weighted by molar-refractivity contribution is 6.23. The van der Waals surface area contributed by atoms with Crippen LogP contribution in [0.5, 0.6) is 0 Å². The van der Waals surface area contributed by atoms with Crippen LogP contribution >= 0.6 is 0 Å². The lowest BCUT2D eigenvalue weighted by Gasteiger charge is -2.30. The minimum absolute atomic E-state index is 0.0842. The zero-order valence-electron chi connectivity index (χ0n) is 48.8. The van der Waals surface area contributed by atoms with Gasteiger partial charge in [0.25, 0.3) is 0 Å². The van der Waals surface area contributed by atoms with E-state index in [1.54, 1.807) is 0 Å².